The van der Waals surface area contributed by atoms with Gasteiger partial charge in [-0.25, -0.2) is 0 Å². The van der Waals surface area contributed by atoms with Crippen LogP contribution in [-0.2, 0) is 11.3 Å². The Morgan fingerprint density at radius 2 is 1.76 bits per heavy atom. The Bertz CT molecular complexity index is 1690. The van der Waals surface area contributed by atoms with Crippen LogP contribution in [0.4, 0.5) is 0 Å². The second kappa shape index (κ2) is 9.96. The minimum absolute atomic E-state index is 0.00968. The first-order chi connectivity index (χ1) is 18.5. The van der Waals surface area contributed by atoms with Gasteiger partial charge in [0.05, 0.1) is 5.57 Å². The molecule has 0 unspecified atom stereocenters. The molecule has 1 aromatic heterocycles. The first-order valence-corrected chi connectivity index (χ1v) is 13.2. The zero-order valence-electron chi connectivity index (χ0n) is 20.4. The van der Waals surface area contributed by atoms with Gasteiger partial charge in [0.1, 0.15) is 17.4 Å². The maximum atomic E-state index is 13.1. The van der Waals surface area contributed by atoms with E-state index in [9.17, 15) is 4.79 Å². The van der Waals surface area contributed by atoms with Crippen LogP contribution in [0.25, 0.3) is 17.0 Å². The van der Waals surface area contributed by atoms with Gasteiger partial charge in [-0.15, -0.1) is 0 Å². The van der Waals surface area contributed by atoms with Crippen molar-refractivity contribution in [1.82, 2.24) is 9.58 Å². The number of nitrogens with one attached hydrogen (secondary N) is 1. The summed E-state index contributed by atoms with van der Waals surface area (Å²) >= 11 is 7.69. The van der Waals surface area contributed by atoms with Crippen molar-refractivity contribution in [3.63, 3.8) is 0 Å². The van der Waals surface area contributed by atoms with Gasteiger partial charge in [-0.2, -0.15) is 15.1 Å². The molecular weight excluding hydrogens is 518 g/mol. The van der Waals surface area contributed by atoms with E-state index in [2.05, 4.69) is 14.7 Å². The fourth-order valence-corrected chi connectivity index (χ4v) is 5.53. The van der Waals surface area contributed by atoms with Gasteiger partial charge in [0, 0.05) is 33.7 Å². The smallest absolute Gasteiger partial charge is 0.283 e. The number of nitrogens with zero attached hydrogens (tertiary/aromatic N) is 4. The minimum atomic E-state index is -0.462. The molecule has 0 radical (unpaired) electrons. The number of thioether (sulfide) groups is 1. The first-order valence-electron chi connectivity index (χ1n) is 12.0. The predicted molar refractivity (Wildman–Crippen MR) is 154 cm³/mol. The molecule has 0 bridgehead atoms. The number of halogens is 1. The third kappa shape index (κ3) is 4.42. The summed E-state index contributed by atoms with van der Waals surface area (Å²) in [6, 6.07) is 25.2. The van der Waals surface area contributed by atoms with Gasteiger partial charge in [-0.1, -0.05) is 66.2 Å². The number of carbonyl (C=O) groups excluding carboxylic acids is 1. The van der Waals surface area contributed by atoms with E-state index in [0.29, 0.717) is 21.8 Å². The number of hydrogen-bond acceptors (Lipinski definition) is 5. The van der Waals surface area contributed by atoms with Gasteiger partial charge in [0.25, 0.3) is 5.91 Å². The Kier molecular flexibility index (Phi) is 6.35. The highest BCUT2D eigenvalue weighted by Crippen LogP contribution is 2.33. The number of aromatic nitrogens is 1. The molecule has 9 heteroatoms. The molecule has 1 amide bonds. The zero-order valence-corrected chi connectivity index (χ0v) is 22.0. The normalized spacial score (nSPS) is 16.2. The van der Waals surface area contributed by atoms with Crippen molar-refractivity contribution >= 4 is 62.3 Å². The van der Waals surface area contributed by atoms with Gasteiger partial charge in [-0.05, 0) is 54.6 Å². The fraction of sp³-hybridized carbons (Fsp3) is 0.103. The quantitative estimate of drug-likeness (QED) is 0.289. The van der Waals surface area contributed by atoms with Crippen LogP contribution in [0.15, 0.2) is 94.5 Å². The maximum Gasteiger partial charge on any atom is 0.283 e. The molecule has 0 fully saturated rings. The Morgan fingerprint density at radius 1 is 1.03 bits per heavy atom. The molecule has 0 saturated heterocycles. The molecule has 4 aromatic rings. The van der Waals surface area contributed by atoms with Gasteiger partial charge >= 0.3 is 0 Å². The summed E-state index contributed by atoms with van der Waals surface area (Å²) < 4.78 is 7.97. The van der Waals surface area contributed by atoms with Gasteiger partial charge in [0.15, 0.2) is 5.84 Å². The van der Waals surface area contributed by atoms with Crippen molar-refractivity contribution in [3.8, 4) is 5.75 Å². The monoisotopic (exact) mass is 539 g/mol. The average molecular weight is 540 g/mol. The van der Waals surface area contributed by atoms with Gasteiger partial charge in [-0.3, -0.25) is 10.2 Å². The van der Waals surface area contributed by atoms with Crippen LogP contribution < -0.4 is 4.74 Å². The number of hydrazone groups is 1. The molecule has 3 aromatic carbocycles. The molecule has 0 saturated carbocycles. The lowest BCUT2D eigenvalue weighted by Crippen LogP contribution is -2.35. The molecule has 7 nitrogen and oxygen atoms in total. The van der Waals surface area contributed by atoms with E-state index in [-0.39, 0.29) is 18.0 Å². The van der Waals surface area contributed by atoms with Gasteiger partial charge < -0.3 is 9.30 Å². The van der Waals surface area contributed by atoms with Crippen molar-refractivity contribution in [3.05, 3.63) is 106 Å². The zero-order chi connectivity index (χ0) is 26.2. The Labute approximate surface area is 228 Å². The topological polar surface area (TPSA) is 83.0 Å². The lowest BCUT2D eigenvalue weighted by atomic mass is 10.1. The average Bonchev–Trinajstić information content (AvgIpc) is 3.46. The van der Waals surface area contributed by atoms with E-state index in [1.165, 1.54) is 16.8 Å². The summed E-state index contributed by atoms with van der Waals surface area (Å²) in [5, 5.41) is 17.4. The molecule has 0 aliphatic carbocycles. The number of carbonyl (C=O) groups is 1. The first kappa shape index (κ1) is 24.2. The number of aliphatic imine (C=N–C) groups is 1. The summed E-state index contributed by atoms with van der Waals surface area (Å²) in [6.07, 6.45) is 1.75. The van der Waals surface area contributed by atoms with E-state index in [4.69, 9.17) is 21.7 Å². The second-order valence-corrected chi connectivity index (χ2v) is 10.3. The number of rotatable bonds is 6. The molecular formula is C29H22ClN5O2S. The van der Waals surface area contributed by atoms with Crippen LogP contribution in [0.1, 0.15) is 16.8 Å². The molecule has 188 valence electrons. The fourth-order valence-electron chi connectivity index (χ4n) is 4.54. The summed E-state index contributed by atoms with van der Waals surface area (Å²) in [7, 11) is 0. The van der Waals surface area contributed by atoms with E-state index in [1.807, 2.05) is 85.8 Å². The van der Waals surface area contributed by atoms with Crippen molar-refractivity contribution in [2.24, 2.45) is 10.1 Å². The number of hydrogen-bond donors (Lipinski definition) is 1. The predicted octanol–water partition coefficient (Wildman–Crippen LogP) is 6.35. The molecule has 0 atom stereocenters. The SMILES string of the molecule is Cc1c(C=C2C(=N)N3N=C(COc4ccccc4)SC3=NC2=O)c2ccccc2n1Cc1ccccc1Cl. The van der Waals surface area contributed by atoms with Crippen LogP contribution in [-0.4, -0.2) is 38.1 Å². The molecule has 0 spiro atoms. The molecule has 2 aliphatic heterocycles. The standard InChI is InChI=1S/C29H22ClN5O2S/c1-18-22(21-12-6-8-14-25(21)34(18)16-19-9-5-7-13-24(19)30)15-23-27(31)35-29(32-28(23)36)38-26(33-35)17-37-20-10-3-2-4-11-20/h2-15,31H,16-17H2,1H3. The van der Waals surface area contributed by atoms with Crippen LogP contribution >= 0.6 is 23.4 Å². The van der Waals surface area contributed by atoms with E-state index in [1.54, 1.807) is 6.08 Å². The minimum Gasteiger partial charge on any atom is -0.487 e. The molecule has 6 rings (SSSR count). The number of ether oxygens (including phenoxy) is 1. The van der Waals surface area contributed by atoms with E-state index in [0.717, 1.165) is 33.5 Å². The molecule has 38 heavy (non-hydrogen) atoms. The Balaban J connectivity index is 1.33. The summed E-state index contributed by atoms with van der Waals surface area (Å²) in [4.78, 5) is 17.3. The third-order valence-electron chi connectivity index (χ3n) is 6.46. The van der Waals surface area contributed by atoms with Crippen molar-refractivity contribution in [2.75, 3.05) is 6.61 Å². The highest BCUT2D eigenvalue weighted by Gasteiger charge is 2.36. The molecule has 2 aliphatic rings. The Morgan fingerprint density at radius 3 is 2.58 bits per heavy atom. The van der Waals surface area contributed by atoms with Crippen LogP contribution in [0.3, 0.4) is 0 Å². The summed E-state index contributed by atoms with van der Waals surface area (Å²) in [5.74, 6) is 0.249. The number of fused-ring (bicyclic) bond motifs is 2. The van der Waals surface area contributed by atoms with Crippen molar-refractivity contribution in [1.29, 1.82) is 5.41 Å². The van der Waals surface area contributed by atoms with Crippen LogP contribution in [0, 0.1) is 12.3 Å². The second-order valence-electron chi connectivity index (χ2n) is 8.81. The van der Waals surface area contributed by atoms with Crippen LogP contribution in [0.5, 0.6) is 5.75 Å². The lowest BCUT2D eigenvalue weighted by molar-refractivity contribution is -0.114. The lowest BCUT2D eigenvalue weighted by Gasteiger charge is -2.20. The summed E-state index contributed by atoms with van der Waals surface area (Å²) in [5.41, 5.74) is 4.03. The summed E-state index contributed by atoms with van der Waals surface area (Å²) in [6.45, 7) is 2.82. The highest BCUT2D eigenvalue weighted by atomic mass is 35.5. The number of amidine groups is 2. The number of amides is 1. The van der Waals surface area contributed by atoms with Crippen molar-refractivity contribution < 1.29 is 9.53 Å². The Hall–Kier alpha value is -4.14. The molecule has 1 N–H and O–H groups in total. The number of benzene rings is 3. The largest absolute Gasteiger partial charge is 0.487 e. The number of para-hydroxylation sites is 2. The highest BCUT2D eigenvalue weighted by molar-refractivity contribution is 8.27. The van der Waals surface area contributed by atoms with E-state index < -0.39 is 5.91 Å². The van der Waals surface area contributed by atoms with Crippen molar-refractivity contribution in [2.45, 2.75) is 13.5 Å². The maximum absolute atomic E-state index is 13.1. The molecule has 3 heterocycles. The van der Waals surface area contributed by atoms with Gasteiger partial charge in [0.2, 0.25) is 5.17 Å². The van der Waals surface area contributed by atoms with Crippen LogP contribution in [0.2, 0.25) is 5.02 Å². The third-order valence-corrected chi connectivity index (χ3v) is 7.71. The van der Waals surface area contributed by atoms with E-state index >= 15 is 0 Å².